The molecule has 3 rings (SSSR count). The summed E-state index contributed by atoms with van der Waals surface area (Å²) in [5, 5.41) is 1.74. The summed E-state index contributed by atoms with van der Waals surface area (Å²) in [7, 11) is 0. The molecule has 0 aliphatic carbocycles. The number of hydrogen-bond donors (Lipinski definition) is 2. The summed E-state index contributed by atoms with van der Waals surface area (Å²) < 4.78 is 0. The summed E-state index contributed by atoms with van der Waals surface area (Å²) in [6.45, 7) is 1.96. The van der Waals surface area contributed by atoms with E-state index in [1.54, 1.807) is 6.20 Å². The topological polar surface area (TPSA) is 67.6 Å². The lowest BCUT2D eigenvalue weighted by molar-refractivity contribution is 0.808. The zero-order chi connectivity index (χ0) is 13.2. The molecule has 0 aliphatic heterocycles. The van der Waals surface area contributed by atoms with E-state index in [0.29, 0.717) is 0 Å². The predicted molar refractivity (Wildman–Crippen MR) is 77.1 cm³/mol. The van der Waals surface area contributed by atoms with Crippen molar-refractivity contribution in [2.24, 2.45) is 5.73 Å². The first-order valence-corrected chi connectivity index (χ1v) is 6.88. The lowest BCUT2D eigenvalue weighted by atomic mass is 10.1. The second-order valence-electron chi connectivity index (χ2n) is 4.38. The number of benzene rings is 1. The molecule has 0 spiro atoms. The number of imidazole rings is 1. The van der Waals surface area contributed by atoms with Gasteiger partial charge in [-0.2, -0.15) is 0 Å². The highest BCUT2D eigenvalue weighted by Crippen LogP contribution is 2.26. The van der Waals surface area contributed by atoms with Gasteiger partial charge in [-0.3, -0.25) is 0 Å². The fraction of sp³-hybridized carbons (Fsp3) is 0.143. The molecule has 4 nitrogen and oxygen atoms in total. The number of nitrogens with one attached hydrogen (secondary N) is 1. The highest BCUT2D eigenvalue weighted by atomic mass is 32.2. The molecule has 0 amide bonds. The minimum atomic E-state index is 0.0121. The molecular weight excluding hydrogens is 256 g/mol. The smallest absolute Gasteiger partial charge is 0.172 e. The molecule has 2 aromatic heterocycles. The highest BCUT2D eigenvalue weighted by Gasteiger charge is 2.07. The predicted octanol–water partition coefficient (Wildman–Crippen LogP) is 3.13. The molecule has 0 saturated heterocycles. The van der Waals surface area contributed by atoms with E-state index in [1.165, 1.54) is 11.8 Å². The average Bonchev–Trinajstić information content (AvgIpc) is 2.81. The number of aromatic amines is 1. The van der Waals surface area contributed by atoms with Crippen molar-refractivity contribution in [2.45, 2.75) is 23.1 Å². The van der Waals surface area contributed by atoms with Crippen molar-refractivity contribution >= 4 is 22.8 Å². The van der Waals surface area contributed by atoms with Gasteiger partial charge in [0.25, 0.3) is 0 Å². The monoisotopic (exact) mass is 270 g/mol. The van der Waals surface area contributed by atoms with E-state index < -0.39 is 0 Å². The van der Waals surface area contributed by atoms with E-state index in [4.69, 9.17) is 5.73 Å². The SMILES string of the molecule is CC(N)c1ccnc(Sc2nc3ccccc3[nH]2)c1. The normalized spacial score (nSPS) is 12.7. The van der Waals surface area contributed by atoms with Crippen LogP contribution in [0.25, 0.3) is 11.0 Å². The fourth-order valence-corrected chi connectivity index (χ4v) is 2.65. The number of rotatable bonds is 3. The van der Waals surface area contributed by atoms with E-state index in [0.717, 1.165) is 26.8 Å². The maximum absolute atomic E-state index is 5.88. The average molecular weight is 270 g/mol. The molecule has 19 heavy (non-hydrogen) atoms. The highest BCUT2D eigenvalue weighted by molar-refractivity contribution is 7.99. The molecular formula is C14H14N4S. The van der Waals surface area contributed by atoms with E-state index in [2.05, 4.69) is 15.0 Å². The first kappa shape index (κ1) is 12.2. The summed E-state index contributed by atoms with van der Waals surface area (Å²) in [5.74, 6) is 0. The third-order valence-corrected chi connectivity index (χ3v) is 3.67. The third kappa shape index (κ3) is 2.62. The number of nitrogens with zero attached hydrogens (tertiary/aromatic N) is 2. The molecule has 0 bridgehead atoms. The molecule has 3 N–H and O–H groups in total. The number of pyridine rings is 1. The van der Waals surface area contributed by atoms with Gasteiger partial charge in [0.1, 0.15) is 5.03 Å². The minimum absolute atomic E-state index is 0.0121. The number of fused-ring (bicyclic) bond motifs is 1. The molecule has 1 aromatic carbocycles. The fourth-order valence-electron chi connectivity index (χ4n) is 1.84. The zero-order valence-electron chi connectivity index (χ0n) is 10.5. The van der Waals surface area contributed by atoms with Gasteiger partial charge >= 0.3 is 0 Å². The Morgan fingerprint density at radius 3 is 2.89 bits per heavy atom. The Morgan fingerprint density at radius 2 is 2.11 bits per heavy atom. The van der Waals surface area contributed by atoms with Gasteiger partial charge in [0.2, 0.25) is 0 Å². The van der Waals surface area contributed by atoms with E-state index >= 15 is 0 Å². The Hall–Kier alpha value is -1.85. The second-order valence-corrected chi connectivity index (χ2v) is 5.39. The molecule has 1 unspecified atom stereocenters. The van der Waals surface area contributed by atoms with Gasteiger partial charge in [0.15, 0.2) is 5.16 Å². The van der Waals surface area contributed by atoms with Gasteiger partial charge in [-0.1, -0.05) is 12.1 Å². The van der Waals surface area contributed by atoms with Crippen molar-refractivity contribution in [3.05, 3.63) is 48.2 Å². The summed E-state index contributed by atoms with van der Waals surface area (Å²) in [4.78, 5) is 12.1. The van der Waals surface area contributed by atoms with Crippen LogP contribution in [-0.2, 0) is 0 Å². The van der Waals surface area contributed by atoms with Gasteiger partial charge in [-0.05, 0) is 48.5 Å². The van der Waals surface area contributed by atoms with Crippen molar-refractivity contribution < 1.29 is 0 Å². The van der Waals surface area contributed by atoms with Gasteiger partial charge in [0.05, 0.1) is 11.0 Å². The lowest BCUT2D eigenvalue weighted by Crippen LogP contribution is -2.04. The van der Waals surface area contributed by atoms with Crippen LogP contribution in [-0.4, -0.2) is 15.0 Å². The molecule has 0 aliphatic rings. The zero-order valence-corrected chi connectivity index (χ0v) is 11.3. The van der Waals surface area contributed by atoms with Crippen LogP contribution in [0.5, 0.6) is 0 Å². The van der Waals surface area contributed by atoms with Crippen molar-refractivity contribution in [1.82, 2.24) is 15.0 Å². The number of hydrogen-bond acceptors (Lipinski definition) is 4. The number of nitrogens with two attached hydrogens (primary N) is 1. The quantitative estimate of drug-likeness (QED) is 0.767. The first-order valence-electron chi connectivity index (χ1n) is 6.06. The molecule has 0 radical (unpaired) electrons. The summed E-state index contributed by atoms with van der Waals surface area (Å²) in [6, 6.07) is 11.9. The van der Waals surface area contributed by atoms with Crippen LogP contribution in [0.15, 0.2) is 52.8 Å². The number of H-pyrrole nitrogens is 1. The first-order chi connectivity index (χ1) is 9.22. The van der Waals surface area contributed by atoms with E-state index in [1.807, 2.05) is 43.3 Å². The Balaban J connectivity index is 1.90. The van der Waals surface area contributed by atoms with Crippen LogP contribution >= 0.6 is 11.8 Å². The molecule has 96 valence electrons. The van der Waals surface area contributed by atoms with Crippen LogP contribution in [0.3, 0.4) is 0 Å². The van der Waals surface area contributed by atoms with Gasteiger partial charge in [-0.15, -0.1) is 0 Å². The maximum Gasteiger partial charge on any atom is 0.172 e. The van der Waals surface area contributed by atoms with E-state index in [9.17, 15) is 0 Å². The third-order valence-electron chi connectivity index (χ3n) is 2.85. The molecule has 5 heteroatoms. The molecule has 2 heterocycles. The Kier molecular flexibility index (Phi) is 3.23. The standard InChI is InChI=1S/C14H14N4S/c1-9(15)10-6-7-16-13(8-10)19-14-17-11-4-2-3-5-12(11)18-14/h2-9H,15H2,1H3,(H,17,18). The Morgan fingerprint density at radius 1 is 1.26 bits per heavy atom. The number of aromatic nitrogens is 3. The van der Waals surface area contributed by atoms with Gasteiger partial charge < -0.3 is 10.7 Å². The molecule has 1 atom stereocenters. The van der Waals surface area contributed by atoms with E-state index in [-0.39, 0.29) is 6.04 Å². The van der Waals surface area contributed by atoms with Crippen LogP contribution in [0.1, 0.15) is 18.5 Å². The van der Waals surface area contributed by atoms with Crippen molar-refractivity contribution in [3.8, 4) is 0 Å². The van der Waals surface area contributed by atoms with Crippen molar-refractivity contribution in [3.63, 3.8) is 0 Å². The largest absolute Gasteiger partial charge is 0.333 e. The van der Waals surface area contributed by atoms with Crippen LogP contribution < -0.4 is 5.73 Å². The second kappa shape index (κ2) is 5.03. The van der Waals surface area contributed by atoms with Crippen LogP contribution in [0, 0.1) is 0 Å². The maximum atomic E-state index is 5.88. The van der Waals surface area contributed by atoms with Crippen LogP contribution in [0.4, 0.5) is 0 Å². The summed E-state index contributed by atoms with van der Waals surface area (Å²) in [5.41, 5.74) is 8.96. The van der Waals surface area contributed by atoms with Gasteiger partial charge in [0, 0.05) is 12.2 Å². The summed E-state index contributed by atoms with van der Waals surface area (Å²) in [6.07, 6.45) is 1.78. The summed E-state index contributed by atoms with van der Waals surface area (Å²) >= 11 is 1.51. The van der Waals surface area contributed by atoms with Gasteiger partial charge in [-0.25, -0.2) is 9.97 Å². The number of para-hydroxylation sites is 2. The molecule has 3 aromatic rings. The lowest BCUT2D eigenvalue weighted by Gasteiger charge is -2.05. The van der Waals surface area contributed by atoms with Crippen LogP contribution in [0.2, 0.25) is 0 Å². The molecule has 0 fully saturated rings. The van der Waals surface area contributed by atoms with Crippen molar-refractivity contribution in [2.75, 3.05) is 0 Å². The van der Waals surface area contributed by atoms with Crippen molar-refractivity contribution in [1.29, 1.82) is 0 Å². The Bertz CT molecular complexity index is 672. The Labute approximate surface area is 115 Å². The molecule has 0 saturated carbocycles. The minimum Gasteiger partial charge on any atom is -0.333 e.